The van der Waals surface area contributed by atoms with Crippen LogP contribution in [0.5, 0.6) is 0 Å². The van der Waals surface area contributed by atoms with Crippen molar-refractivity contribution in [3.63, 3.8) is 0 Å². The zero-order valence-corrected chi connectivity index (χ0v) is 10.7. The molecule has 1 saturated heterocycles. The van der Waals surface area contributed by atoms with Gasteiger partial charge in [-0.1, -0.05) is 0 Å². The number of nitrogens with one attached hydrogen (secondary N) is 1. The van der Waals surface area contributed by atoms with Crippen molar-refractivity contribution in [1.82, 2.24) is 9.88 Å². The van der Waals surface area contributed by atoms with Crippen LogP contribution in [0.15, 0.2) is 18.3 Å². The van der Waals surface area contributed by atoms with E-state index in [2.05, 4.69) is 10.3 Å². The largest absolute Gasteiger partial charge is 0.358 e. The van der Waals surface area contributed by atoms with Crippen molar-refractivity contribution in [3.8, 4) is 0 Å². The number of rotatable bonds is 4. The molecule has 1 atom stereocenters. The lowest BCUT2D eigenvalue weighted by Crippen LogP contribution is -2.39. The summed E-state index contributed by atoms with van der Waals surface area (Å²) in [4.78, 5) is 28.0. The Bertz CT molecular complexity index is 486. The van der Waals surface area contributed by atoms with Crippen LogP contribution in [-0.2, 0) is 4.79 Å². The van der Waals surface area contributed by atoms with Gasteiger partial charge in [-0.05, 0) is 19.8 Å². The van der Waals surface area contributed by atoms with Gasteiger partial charge in [0.2, 0.25) is 5.91 Å². The van der Waals surface area contributed by atoms with E-state index in [4.69, 9.17) is 0 Å². The maximum atomic E-state index is 12.1. The summed E-state index contributed by atoms with van der Waals surface area (Å²) in [5.74, 6) is 0.347. The summed E-state index contributed by atoms with van der Waals surface area (Å²) in [6.45, 7) is 3.31. The molecule has 2 rings (SSSR count). The van der Waals surface area contributed by atoms with E-state index < -0.39 is 11.0 Å². The van der Waals surface area contributed by atoms with Gasteiger partial charge in [-0.2, -0.15) is 0 Å². The van der Waals surface area contributed by atoms with Gasteiger partial charge in [0.05, 0.1) is 11.0 Å². The number of pyridine rings is 1. The second kappa shape index (κ2) is 5.64. The Labute approximate surface area is 110 Å². The van der Waals surface area contributed by atoms with E-state index in [9.17, 15) is 14.9 Å². The maximum absolute atomic E-state index is 12.1. The summed E-state index contributed by atoms with van der Waals surface area (Å²) in [7, 11) is 0. The molecule has 1 fully saturated rings. The third-order valence-corrected chi connectivity index (χ3v) is 3.11. The highest BCUT2D eigenvalue weighted by Gasteiger charge is 2.23. The average Bonchev–Trinajstić information content (AvgIpc) is 2.92. The number of amides is 1. The number of likely N-dealkylation sites (tertiary alicyclic amines) is 1. The fraction of sp³-hybridized carbons (Fsp3) is 0.500. The fourth-order valence-electron chi connectivity index (χ4n) is 2.11. The monoisotopic (exact) mass is 264 g/mol. The van der Waals surface area contributed by atoms with Crippen LogP contribution in [0.3, 0.4) is 0 Å². The Kier molecular flexibility index (Phi) is 3.94. The van der Waals surface area contributed by atoms with Crippen LogP contribution >= 0.6 is 0 Å². The minimum absolute atomic E-state index is 0.00538. The van der Waals surface area contributed by atoms with Gasteiger partial charge in [0.25, 0.3) is 5.69 Å². The number of nitro groups is 1. The summed E-state index contributed by atoms with van der Waals surface area (Å²) in [6, 6.07) is 2.21. The molecule has 1 aliphatic rings. The number of hydrogen-bond acceptors (Lipinski definition) is 5. The van der Waals surface area contributed by atoms with Crippen LogP contribution in [-0.4, -0.2) is 39.8 Å². The Morgan fingerprint density at radius 2 is 2.21 bits per heavy atom. The molecule has 19 heavy (non-hydrogen) atoms. The van der Waals surface area contributed by atoms with Gasteiger partial charge in [0.1, 0.15) is 11.9 Å². The van der Waals surface area contributed by atoms with Crippen LogP contribution in [0.2, 0.25) is 0 Å². The number of aromatic nitrogens is 1. The van der Waals surface area contributed by atoms with Crippen molar-refractivity contribution in [3.05, 3.63) is 28.4 Å². The SMILES string of the molecule is CC(Nc1cc([N+](=O)[O-])ccn1)C(=O)N1CCCC1. The minimum atomic E-state index is -0.486. The van der Waals surface area contributed by atoms with Crippen LogP contribution in [0, 0.1) is 10.1 Å². The highest BCUT2D eigenvalue weighted by molar-refractivity contribution is 5.84. The van der Waals surface area contributed by atoms with Crippen LogP contribution in [0.1, 0.15) is 19.8 Å². The molecule has 0 spiro atoms. The number of hydrogen-bond donors (Lipinski definition) is 1. The molecule has 1 N–H and O–H groups in total. The molecule has 1 unspecified atom stereocenters. The molecule has 2 heterocycles. The standard InChI is InChI=1S/C12H16N4O3/c1-9(12(17)15-6-2-3-7-15)14-11-8-10(16(18)19)4-5-13-11/h4-5,8-9H,2-3,6-7H2,1H3,(H,13,14). The topological polar surface area (TPSA) is 88.4 Å². The maximum Gasteiger partial charge on any atom is 0.274 e. The van der Waals surface area contributed by atoms with E-state index in [0.29, 0.717) is 5.82 Å². The lowest BCUT2D eigenvalue weighted by atomic mass is 10.3. The van der Waals surface area contributed by atoms with Crippen molar-refractivity contribution >= 4 is 17.4 Å². The number of carbonyl (C=O) groups excluding carboxylic acids is 1. The summed E-state index contributed by atoms with van der Waals surface area (Å²) < 4.78 is 0. The van der Waals surface area contributed by atoms with Gasteiger partial charge in [-0.15, -0.1) is 0 Å². The molecule has 7 nitrogen and oxygen atoms in total. The number of carbonyl (C=O) groups is 1. The van der Waals surface area contributed by atoms with Crippen molar-refractivity contribution in [2.24, 2.45) is 0 Å². The Morgan fingerprint density at radius 3 is 2.84 bits per heavy atom. The second-order valence-corrected chi connectivity index (χ2v) is 4.55. The fourth-order valence-corrected chi connectivity index (χ4v) is 2.11. The molecule has 0 saturated carbocycles. The highest BCUT2D eigenvalue weighted by atomic mass is 16.6. The normalized spacial score (nSPS) is 16.2. The van der Waals surface area contributed by atoms with Crippen molar-refractivity contribution < 1.29 is 9.72 Å². The van der Waals surface area contributed by atoms with Gasteiger partial charge in [-0.3, -0.25) is 14.9 Å². The quantitative estimate of drug-likeness (QED) is 0.656. The predicted octanol–water partition coefficient (Wildman–Crippen LogP) is 1.41. The van der Waals surface area contributed by atoms with Crippen molar-refractivity contribution in [2.45, 2.75) is 25.8 Å². The summed E-state index contributed by atoms with van der Waals surface area (Å²) in [5.41, 5.74) is -0.0432. The van der Waals surface area contributed by atoms with E-state index in [-0.39, 0.29) is 11.6 Å². The van der Waals surface area contributed by atoms with Crippen LogP contribution < -0.4 is 5.32 Å². The second-order valence-electron chi connectivity index (χ2n) is 4.55. The first-order valence-corrected chi connectivity index (χ1v) is 6.23. The molecule has 0 aromatic carbocycles. The first-order valence-electron chi connectivity index (χ1n) is 6.23. The third-order valence-electron chi connectivity index (χ3n) is 3.11. The average molecular weight is 264 g/mol. The molecule has 0 aliphatic carbocycles. The van der Waals surface area contributed by atoms with Crippen LogP contribution in [0.25, 0.3) is 0 Å². The van der Waals surface area contributed by atoms with Crippen molar-refractivity contribution in [2.75, 3.05) is 18.4 Å². The van der Waals surface area contributed by atoms with Crippen molar-refractivity contribution in [1.29, 1.82) is 0 Å². The smallest absolute Gasteiger partial charge is 0.274 e. The minimum Gasteiger partial charge on any atom is -0.358 e. The molecule has 1 aliphatic heterocycles. The van der Waals surface area contributed by atoms with Gasteiger partial charge >= 0.3 is 0 Å². The van der Waals surface area contributed by atoms with Gasteiger partial charge in [-0.25, -0.2) is 4.98 Å². The lowest BCUT2D eigenvalue weighted by molar-refractivity contribution is -0.384. The summed E-state index contributed by atoms with van der Waals surface area (Å²) in [6.07, 6.45) is 3.43. The van der Waals surface area contributed by atoms with Crippen LogP contribution in [0.4, 0.5) is 11.5 Å². The van der Waals surface area contributed by atoms with E-state index >= 15 is 0 Å². The van der Waals surface area contributed by atoms with Gasteiger partial charge in [0, 0.05) is 25.4 Å². The molecular formula is C12H16N4O3. The molecule has 0 bridgehead atoms. The molecule has 0 radical (unpaired) electrons. The Hall–Kier alpha value is -2.18. The third kappa shape index (κ3) is 3.18. The molecule has 7 heteroatoms. The lowest BCUT2D eigenvalue weighted by Gasteiger charge is -2.21. The number of anilines is 1. The van der Waals surface area contributed by atoms with E-state index in [1.54, 1.807) is 11.8 Å². The van der Waals surface area contributed by atoms with Gasteiger partial charge < -0.3 is 10.2 Å². The molecule has 1 aromatic heterocycles. The number of nitrogens with zero attached hydrogens (tertiary/aromatic N) is 3. The van der Waals surface area contributed by atoms with E-state index in [0.717, 1.165) is 25.9 Å². The van der Waals surface area contributed by atoms with Gasteiger partial charge in [0.15, 0.2) is 0 Å². The first kappa shape index (κ1) is 13.3. The molecule has 102 valence electrons. The van der Waals surface area contributed by atoms with E-state index in [1.807, 2.05) is 0 Å². The first-order chi connectivity index (χ1) is 9.08. The van der Waals surface area contributed by atoms with E-state index in [1.165, 1.54) is 18.3 Å². The molecular weight excluding hydrogens is 248 g/mol. The molecule has 1 amide bonds. The summed E-state index contributed by atoms with van der Waals surface area (Å²) >= 11 is 0. The molecule has 1 aromatic rings. The predicted molar refractivity (Wildman–Crippen MR) is 69.8 cm³/mol. The summed E-state index contributed by atoms with van der Waals surface area (Å²) in [5, 5.41) is 13.6. The zero-order chi connectivity index (χ0) is 13.8. The highest BCUT2D eigenvalue weighted by Crippen LogP contribution is 2.16. The Balaban J connectivity index is 2.01. The Morgan fingerprint density at radius 1 is 1.53 bits per heavy atom. The zero-order valence-electron chi connectivity index (χ0n) is 10.7.